The quantitative estimate of drug-likeness (QED) is 0.913. The molecular formula is C14H20F2N2O. The molecular weight excluding hydrogens is 250 g/mol. The van der Waals surface area contributed by atoms with Crippen molar-refractivity contribution in [3.63, 3.8) is 0 Å². The average molecular weight is 270 g/mol. The summed E-state index contributed by atoms with van der Waals surface area (Å²) in [6, 6.07) is 2.36. The van der Waals surface area contributed by atoms with E-state index in [0.29, 0.717) is 37.4 Å². The van der Waals surface area contributed by atoms with Crippen molar-refractivity contribution in [1.82, 2.24) is 4.90 Å². The van der Waals surface area contributed by atoms with E-state index in [-0.39, 0.29) is 23.8 Å². The zero-order chi connectivity index (χ0) is 14.0. The van der Waals surface area contributed by atoms with E-state index in [4.69, 9.17) is 10.5 Å². The third-order valence-corrected chi connectivity index (χ3v) is 3.71. The minimum Gasteiger partial charge on any atom is -0.374 e. The van der Waals surface area contributed by atoms with Gasteiger partial charge in [-0.1, -0.05) is 0 Å². The first-order valence-corrected chi connectivity index (χ1v) is 6.54. The van der Waals surface area contributed by atoms with E-state index in [9.17, 15) is 8.78 Å². The van der Waals surface area contributed by atoms with Gasteiger partial charge in [0.15, 0.2) is 0 Å². The zero-order valence-corrected chi connectivity index (χ0v) is 11.3. The Morgan fingerprint density at radius 2 is 2.16 bits per heavy atom. The summed E-state index contributed by atoms with van der Waals surface area (Å²) >= 11 is 0. The predicted molar refractivity (Wildman–Crippen MR) is 69.9 cm³/mol. The van der Waals surface area contributed by atoms with Gasteiger partial charge in [0, 0.05) is 31.2 Å². The number of aryl methyl sites for hydroxylation is 1. The molecule has 1 aliphatic heterocycles. The Kier molecular flexibility index (Phi) is 4.50. The van der Waals surface area contributed by atoms with Crippen molar-refractivity contribution in [2.75, 3.05) is 26.2 Å². The predicted octanol–water partition coefficient (Wildman–Crippen LogP) is 1.99. The van der Waals surface area contributed by atoms with Gasteiger partial charge < -0.3 is 10.5 Å². The molecule has 0 bridgehead atoms. The average Bonchev–Trinajstić information content (AvgIpc) is 2.42. The van der Waals surface area contributed by atoms with E-state index in [0.717, 1.165) is 0 Å². The summed E-state index contributed by atoms with van der Waals surface area (Å²) in [5, 5.41) is 0. The first-order valence-electron chi connectivity index (χ1n) is 6.54. The molecule has 0 saturated carbocycles. The lowest BCUT2D eigenvalue weighted by Crippen LogP contribution is -2.46. The van der Waals surface area contributed by atoms with Gasteiger partial charge in [-0.3, -0.25) is 4.90 Å². The van der Waals surface area contributed by atoms with E-state index in [1.807, 2.05) is 6.92 Å². The van der Waals surface area contributed by atoms with Crippen LogP contribution in [0.25, 0.3) is 0 Å². The fourth-order valence-corrected chi connectivity index (χ4v) is 2.42. The largest absolute Gasteiger partial charge is 0.374 e. The van der Waals surface area contributed by atoms with Crippen LogP contribution in [0.5, 0.6) is 0 Å². The summed E-state index contributed by atoms with van der Waals surface area (Å²) in [5.41, 5.74) is 6.31. The molecule has 0 aliphatic carbocycles. The zero-order valence-electron chi connectivity index (χ0n) is 11.3. The first kappa shape index (κ1) is 14.4. The summed E-state index contributed by atoms with van der Waals surface area (Å²) < 4.78 is 33.0. The van der Waals surface area contributed by atoms with Crippen LogP contribution in [0, 0.1) is 18.6 Å². The molecule has 19 heavy (non-hydrogen) atoms. The molecule has 1 aliphatic rings. The molecule has 1 saturated heterocycles. The molecule has 1 aromatic carbocycles. The lowest BCUT2D eigenvalue weighted by molar-refractivity contribution is -0.0369. The second-order valence-electron chi connectivity index (χ2n) is 5.02. The Morgan fingerprint density at radius 3 is 2.84 bits per heavy atom. The topological polar surface area (TPSA) is 38.5 Å². The molecule has 0 radical (unpaired) electrons. The molecule has 2 rings (SSSR count). The van der Waals surface area contributed by atoms with Crippen LogP contribution in [0.3, 0.4) is 0 Å². The van der Waals surface area contributed by atoms with E-state index >= 15 is 0 Å². The number of benzene rings is 1. The number of nitrogens with zero attached hydrogens (tertiary/aromatic N) is 1. The van der Waals surface area contributed by atoms with Crippen molar-refractivity contribution in [1.29, 1.82) is 0 Å². The molecule has 106 valence electrons. The van der Waals surface area contributed by atoms with Crippen molar-refractivity contribution in [2.24, 2.45) is 5.73 Å². The van der Waals surface area contributed by atoms with Crippen molar-refractivity contribution < 1.29 is 13.5 Å². The molecule has 2 N–H and O–H groups in total. The lowest BCUT2D eigenvalue weighted by Gasteiger charge is -2.36. The third kappa shape index (κ3) is 3.11. The molecule has 1 fully saturated rings. The van der Waals surface area contributed by atoms with Gasteiger partial charge in [-0.25, -0.2) is 8.78 Å². The lowest BCUT2D eigenvalue weighted by atomic mass is 10.0. The minimum absolute atomic E-state index is 0.0328. The summed E-state index contributed by atoms with van der Waals surface area (Å²) in [5.74, 6) is -0.728. The highest BCUT2D eigenvalue weighted by molar-refractivity contribution is 5.27. The normalized spacial score (nSPS) is 22.5. The number of halogens is 2. The van der Waals surface area contributed by atoms with Gasteiger partial charge in [0.2, 0.25) is 0 Å². The number of ether oxygens (including phenoxy) is 1. The van der Waals surface area contributed by atoms with Gasteiger partial charge >= 0.3 is 0 Å². The number of nitrogens with two attached hydrogens (primary N) is 1. The molecule has 3 nitrogen and oxygen atoms in total. The van der Waals surface area contributed by atoms with Crippen LogP contribution >= 0.6 is 0 Å². The molecule has 0 spiro atoms. The first-order chi connectivity index (χ1) is 9.02. The fourth-order valence-electron chi connectivity index (χ4n) is 2.42. The van der Waals surface area contributed by atoms with Crippen LogP contribution in [0.4, 0.5) is 8.78 Å². The van der Waals surface area contributed by atoms with Crippen LogP contribution < -0.4 is 5.73 Å². The van der Waals surface area contributed by atoms with Crippen LogP contribution in [-0.2, 0) is 4.74 Å². The van der Waals surface area contributed by atoms with E-state index < -0.39 is 0 Å². The smallest absolute Gasteiger partial charge is 0.128 e. The van der Waals surface area contributed by atoms with Gasteiger partial charge in [0.25, 0.3) is 0 Å². The number of rotatable bonds is 3. The molecule has 0 amide bonds. The Morgan fingerprint density at radius 1 is 1.42 bits per heavy atom. The van der Waals surface area contributed by atoms with Gasteiger partial charge in [0.05, 0.1) is 12.7 Å². The highest BCUT2D eigenvalue weighted by Gasteiger charge is 2.26. The third-order valence-electron chi connectivity index (χ3n) is 3.71. The molecule has 1 heterocycles. The van der Waals surface area contributed by atoms with Crippen LogP contribution in [-0.4, -0.2) is 37.2 Å². The summed E-state index contributed by atoms with van der Waals surface area (Å²) in [4.78, 5) is 2.08. The monoisotopic (exact) mass is 270 g/mol. The fraction of sp³-hybridized carbons (Fsp3) is 0.571. The summed E-state index contributed by atoms with van der Waals surface area (Å²) in [6.07, 6.45) is -0.0328. The van der Waals surface area contributed by atoms with E-state index in [1.165, 1.54) is 12.1 Å². The number of hydrogen-bond donors (Lipinski definition) is 1. The minimum atomic E-state index is -0.369. The number of morpholine rings is 1. The Labute approximate surface area is 112 Å². The maximum absolute atomic E-state index is 14.0. The van der Waals surface area contributed by atoms with Gasteiger partial charge in [-0.05, 0) is 31.5 Å². The Balaban J connectivity index is 2.19. The number of hydrogen-bond acceptors (Lipinski definition) is 3. The maximum atomic E-state index is 14.0. The molecule has 2 atom stereocenters. The molecule has 0 aromatic heterocycles. The molecule has 5 heteroatoms. The SMILES string of the molecule is Cc1cc(F)c(C(C)N2CCOC(CN)C2)cc1F. The van der Waals surface area contributed by atoms with Crippen molar-refractivity contribution in [2.45, 2.75) is 26.0 Å². The highest BCUT2D eigenvalue weighted by Crippen LogP contribution is 2.26. The second kappa shape index (κ2) is 5.94. The van der Waals surface area contributed by atoms with E-state index in [1.54, 1.807) is 6.92 Å². The van der Waals surface area contributed by atoms with Gasteiger partial charge in [-0.2, -0.15) is 0 Å². The summed E-state index contributed by atoms with van der Waals surface area (Å²) in [7, 11) is 0. The Bertz CT molecular complexity index is 453. The maximum Gasteiger partial charge on any atom is 0.128 e. The molecule has 1 aromatic rings. The highest BCUT2D eigenvalue weighted by atomic mass is 19.1. The second-order valence-corrected chi connectivity index (χ2v) is 5.02. The van der Waals surface area contributed by atoms with Gasteiger partial charge in [-0.15, -0.1) is 0 Å². The van der Waals surface area contributed by atoms with Crippen LogP contribution in [0.1, 0.15) is 24.1 Å². The molecule has 2 unspecified atom stereocenters. The van der Waals surface area contributed by atoms with Crippen molar-refractivity contribution in [3.8, 4) is 0 Å². The standard InChI is InChI=1S/C14H20F2N2O/c1-9-5-14(16)12(6-13(9)15)10(2)18-3-4-19-11(7-17)8-18/h5-6,10-11H,3-4,7-8,17H2,1-2H3. The van der Waals surface area contributed by atoms with Crippen LogP contribution in [0.15, 0.2) is 12.1 Å². The van der Waals surface area contributed by atoms with Crippen molar-refractivity contribution in [3.05, 3.63) is 34.9 Å². The van der Waals surface area contributed by atoms with E-state index in [2.05, 4.69) is 4.90 Å². The Hall–Kier alpha value is -1.04. The van der Waals surface area contributed by atoms with Gasteiger partial charge in [0.1, 0.15) is 11.6 Å². The summed E-state index contributed by atoms with van der Waals surface area (Å²) in [6.45, 7) is 5.80. The van der Waals surface area contributed by atoms with Crippen LogP contribution in [0.2, 0.25) is 0 Å². The van der Waals surface area contributed by atoms with Crippen molar-refractivity contribution >= 4 is 0 Å².